The number of ether oxygens (including phenoxy) is 2. The van der Waals surface area contributed by atoms with Crippen LogP contribution >= 0.6 is 11.3 Å². The second kappa shape index (κ2) is 11.2. The second-order valence-corrected chi connectivity index (χ2v) is 14.0. The number of hydrogen-bond acceptors (Lipinski definition) is 6. The molecule has 0 unspecified atom stereocenters. The molecule has 2 aromatic heterocycles. The van der Waals surface area contributed by atoms with E-state index in [9.17, 15) is 4.79 Å². The van der Waals surface area contributed by atoms with E-state index >= 15 is 0 Å². The molecule has 1 atom stereocenters. The summed E-state index contributed by atoms with van der Waals surface area (Å²) in [5.41, 5.74) is 10.0. The van der Waals surface area contributed by atoms with Crippen LogP contribution < -0.4 is 4.74 Å². The Kier molecular flexibility index (Phi) is 7.34. The Morgan fingerprint density at radius 3 is 2.58 bits per heavy atom. The van der Waals surface area contributed by atoms with Gasteiger partial charge in [-0.25, -0.2) is 4.98 Å². The Morgan fingerprint density at radius 1 is 1.00 bits per heavy atom. The molecule has 6 aromatic rings. The highest BCUT2D eigenvalue weighted by Crippen LogP contribution is 2.45. The van der Waals surface area contributed by atoms with E-state index in [0.717, 1.165) is 90.3 Å². The molecule has 0 saturated carbocycles. The van der Waals surface area contributed by atoms with Crippen molar-refractivity contribution in [3.63, 3.8) is 0 Å². The van der Waals surface area contributed by atoms with Crippen LogP contribution in [0.3, 0.4) is 0 Å². The third-order valence-corrected chi connectivity index (χ3v) is 9.55. The quantitative estimate of drug-likeness (QED) is 0.187. The van der Waals surface area contributed by atoms with Crippen LogP contribution in [0.25, 0.3) is 53.9 Å². The average Bonchev–Trinajstić information content (AvgIpc) is 3.61. The van der Waals surface area contributed by atoms with E-state index < -0.39 is 11.7 Å². The van der Waals surface area contributed by atoms with Crippen LogP contribution in [-0.2, 0) is 23.0 Å². The Balaban J connectivity index is 1.41. The van der Waals surface area contributed by atoms with Crippen molar-refractivity contribution in [3.8, 4) is 38.6 Å². The van der Waals surface area contributed by atoms with E-state index in [2.05, 4.69) is 78.8 Å². The molecule has 0 saturated heterocycles. The van der Waals surface area contributed by atoms with Crippen molar-refractivity contribution in [3.05, 3.63) is 89.6 Å². The highest BCUT2D eigenvalue weighted by Gasteiger charge is 2.31. The molecule has 0 radical (unpaired) electrons. The monoisotopic (exact) mass is 615 g/mol. The molecule has 7 heteroatoms. The first-order chi connectivity index (χ1) is 21.6. The Morgan fingerprint density at radius 2 is 1.78 bits per heavy atom. The Bertz CT molecular complexity index is 2100. The summed E-state index contributed by atoms with van der Waals surface area (Å²) in [6.07, 6.45) is 3.16. The third-order valence-electron chi connectivity index (χ3n) is 8.42. The molecule has 0 spiro atoms. The predicted octanol–water partition coefficient (Wildman–Crippen LogP) is 9.26. The fraction of sp³-hybridized carbons (Fsp3) is 0.289. The minimum atomic E-state index is -0.701. The maximum Gasteiger partial charge on any atom is 0.163 e. The van der Waals surface area contributed by atoms with Gasteiger partial charge in [0.25, 0.3) is 0 Å². The number of carbonyl (C=O) groups excluding carboxylic acids is 1. The number of hydrogen-bond donors (Lipinski definition) is 0. The number of fused-ring (bicyclic) bond motifs is 3. The Labute approximate surface area is 267 Å². The largest absolute Gasteiger partial charge is 0.493 e. The Hall–Kier alpha value is -4.33. The molecule has 0 fully saturated rings. The van der Waals surface area contributed by atoms with Crippen LogP contribution in [0.5, 0.6) is 5.75 Å². The van der Waals surface area contributed by atoms with E-state index in [1.165, 1.54) is 5.56 Å². The van der Waals surface area contributed by atoms with Gasteiger partial charge >= 0.3 is 0 Å². The highest BCUT2D eigenvalue weighted by atomic mass is 32.1. The highest BCUT2D eigenvalue weighted by molar-refractivity contribution is 7.22. The first kappa shape index (κ1) is 29.4. The van der Waals surface area contributed by atoms with Gasteiger partial charge in [-0.1, -0.05) is 30.3 Å². The molecule has 1 aliphatic heterocycles. The summed E-state index contributed by atoms with van der Waals surface area (Å²) in [6, 6.07) is 23.5. The number of benzene rings is 4. The number of Topliss-reactive ketones (excluding diaryl/α,β-unsaturated/α-hetero) is 1. The zero-order chi connectivity index (χ0) is 31.5. The number of aryl methyl sites for hydroxylation is 3. The normalized spacial score (nSPS) is 14.0. The lowest BCUT2D eigenvalue weighted by Gasteiger charge is -2.29. The molecule has 3 heterocycles. The summed E-state index contributed by atoms with van der Waals surface area (Å²) in [5, 5.41) is 6.45. The predicted molar refractivity (Wildman–Crippen MR) is 183 cm³/mol. The van der Waals surface area contributed by atoms with Gasteiger partial charge in [0.1, 0.15) is 16.9 Å². The van der Waals surface area contributed by atoms with Crippen molar-refractivity contribution in [1.82, 2.24) is 14.8 Å². The van der Waals surface area contributed by atoms with Crippen LogP contribution in [0.1, 0.15) is 56.9 Å². The first-order valence-corrected chi connectivity index (χ1v) is 16.3. The number of nitrogens with zero attached hydrogens (tertiary/aromatic N) is 3. The second-order valence-electron chi connectivity index (χ2n) is 13.0. The fourth-order valence-electron chi connectivity index (χ4n) is 6.35. The minimum absolute atomic E-state index is 0.0158. The van der Waals surface area contributed by atoms with Crippen LogP contribution in [0.4, 0.5) is 0 Å². The van der Waals surface area contributed by atoms with Crippen LogP contribution in [0.15, 0.2) is 72.9 Å². The van der Waals surface area contributed by atoms with Gasteiger partial charge in [-0.2, -0.15) is 5.10 Å². The standard InChI is InChI=1S/C38H37N3O3S/c1-22-17-30-36(45-37(40-30)28-10-7-9-24(18-28)25-12-14-31-29(19-25)21-39-41(31)6)34(33(22)35(23(2)42)44-38(3,4)5)27-13-15-32-26(20-27)11-8-16-43-32/h7,9-10,12-15,17-21,35H,8,11,16H2,1-6H3/t35-/m1/s1. The molecule has 7 rings (SSSR count). The van der Waals surface area contributed by atoms with Crippen LogP contribution in [-0.4, -0.2) is 32.8 Å². The number of carbonyl (C=O) groups is 1. The summed E-state index contributed by atoms with van der Waals surface area (Å²) in [4.78, 5) is 18.4. The molecule has 0 bridgehead atoms. The van der Waals surface area contributed by atoms with Gasteiger partial charge in [-0.05, 0) is 112 Å². The van der Waals surface area contributed by atoms with Gasteiger partial charge in [-0.15, -0.1) is 11.3 Å². The molecule has 45 heavy (non-hydrogen) atoms. The molecule has 0 N–H and O–H groups in total. The lowest BCUT2D eigenvalue weighted by Crippen LogP contribution is -2.27. The van der Waals surface area contributed by atoms with E-state index in [1.807, 2.05) is 38.7 Å². The van der Waals surface area contributed by atoms with E-state index in [0.29, 0.717) is 0 Å². The third kappa shape index (κ3) is 5.55. The summed E-state index contributed by atoms with van der Waals surface area (Å²) >= 11 is 1.67. The first-order valence-electron chi connectivity index (χ1n) is 15.5. The van der Waals surface area contributed by atoms with Crippen molar-refractivity contribution in [1.29, 1.82) is 0 Å². The number of aromatic nitrogens is 3. The number of thiazole rings is 1. The molecule has 0 amide bonds. The maximum absolute atomic E-state index is 13.2. The van der Waals surface area contributed by atoms with Crippen LogP contribution in [0, 0.1) is 6.92 Å². The van der Waals surface area contributed by atoms with Gasteiger partial charge < -0.3 is 9.47 Å². The van der Waals surface area contributed by atoms with Gasteiger partial charge in [0.15, 0.2) is 5.78 Å². The van der Waals surface area contributed by atoms with Crippen molar-refractivity contribution < 1.29 is 14.3 Å². The molecule has 1 aliphatic rings. The fourth-order valence-corrected chi connectivity index (χ4v) is 7.47. The zero-order valence-electron chi connectivity index (χ0n) is 26.6. The van der Waals surface area contributed by atoms with Crippen LogP contribution in [0.2, 0.25) is 0 Å². The molecule has 228 valence electrons. The number of rotatable bonds is 6. The van der Waals surface area contributed by atoms with Gasteiger partial charge in [0.05, 0.1) is 34.1 Å². The summed E-state index contributed by atoms with van der Waals surface area (Å²) in [6.45, 7) is 10.4. The topological polar surface area (TPSA) is 66.2 Å². The van der Waals surface area contributed by atoms with Crippen molar-refractivity contribution >= 4 is 38.2 Å². The molecule has 6 nitrogen and oxygen atoms in total. The maximum atomic E-state index is 13.2. The van der Waals surface area contributed by atoms with Crippen molar-refractivity contribution in [2.45, 2.75) is 59.2 Å². The smallest absolute Gasteiger partial charge is 0.163 e. The van der Waals surface area contributed by atoms with E-state index in [1.54, 1.807) is 18.3 Å². The zero-order valence-corrected chi connectivity index (χ0v) is 27.4. The van der Waals surface area contributed by atoms with Gasteiger partial charge in [-0.3, -0.25) is 9.48 Å². The summed E-state index contributed by atoms with van der Waals surface area (Å²) in [5.74, 6) is 0.925. The molecular formula is C38H37N3O3S. The number of ketones is 1. The van der Waals surface area contributed by atoms with Crippen molar-refractivity contribution in [2.24, 2.45) is 7.05 Å². The molecule has 0 aliphatic carbocycles. The van der Waals surface area contributed by atoms with Crippen molar-refractivity contribution in [2.75, 3.05) is 6.61 Å². The van der Waals surface area contributed by atoms with Gasteiger partial charge in [0.2, 0.25) is 0 Å². The van der Waals surface area contributed by atoms with E-state index in [-0.39, 0.29) is 5.78 Å². The molecular weight excluding hydrogens is 579 g/mol. The summed E-state index contributed by atoms with van der Waals surface area (Å²) in [7, 11) is 1.96. The van der Waals surface area contributed by atoms with E-state index in [4.69, 9.17) is 14.5 Å². The lowest BCUT2D eigenvalue weighted by molar-refractivity contribution is -0.138. The lowest BCUT2D eigenvalue weighted by atomic mass is 9.88. The average molecular weight is 616 g/mol. The SMILES string of the molecule is CC(=O)[C@@H](OC(C)(C)C)c1c(C)cc2nc(-c3cccc(-c4ccc5c(cnn5C)c4)c3)sc2c1-c1ccc2c(c1)CCCO2. The van der Waals surface area contributed by atoms with Gasteiger partial charge in [0, 0.05) is 29.1 Å². The minimum Gasteiger partial charge on any atom is -0.493 e. The summed E-state index contributed by atoms with van der Waals surface area (Å²) < 4.78 is 15.4. The molecule has 4 aromatic carbocycles.